The third kappa shape index (κ3) is 2.85. The maximum absolute atomic E-state index is 12.7. The van der Waals surface area contributed by atoms with Crippen LogP contribution in [0.1, 0.15) is 12.0 Å². The van der Waals surface area contributed by atoms with Crippen LogP contribution >= 0.6 is 0 Å². The second-order valence-corrected chi connectivity index (χ2v) is 7.69. The van der Waals surface area contributed by atoms with Gasteiger partial charge in [-0.3, -0.25) is 19.3 Å². The third-order valence-electron chi connectivity index (χ3n) is 6.18. The number of likely N-dealkylation sites (N-methyl/N-ethyl adjacent to an activating group) is 1. The Balaban J connectivity index is 1.43. The van der Waals surface area contributed by atoms with E-state index in [-0.39, 0.29) is 47.9 Å². The highest BCUT2D eigenvalue weighted by atomic mass is 16.5. The van der Waals surface area contributed by atoms with Crippen LogP contribution in [0.5, 0.6) is 11.5 Å². The van der Waals surface area contributed by atoms with E-state index in [1.807, 2.05) is 18.2 Å². The molecule has 0 aromatic heterocycles. The molecule has 0 N–H and O–H groups in total. The first-order valence-electron chi connectivity index (χ1n) is 9.43. The fraction of sp³-hybridized carbons (Fsp3) is 0.476. The second-order valence-electron chi connectivity index (χ2n) is 7.69. The number of ether oxygens (including phenoxy) is 2. The summed E-state index contributed by atoms with van der Waals surface area (Å²) in [5, 5.41) is 0. The van der Waals surface area contributed by atoms with Gasteiger partial charge < -0.3 is 14.4 Å². The molecule has 28 heavy (non-hydrogen) atoms. The molecule has 1 saturated heterocycles. The van der Waals surface area contributed by atoms with Crippen molar-refractivity contribution in [2.75, 3.05) is 27.8 Å². The molecule has 2 aliphatic carbocycles. The lowest BCUT2D eigenvalue weighted by atomic mass is 9.85. The number of likely N-dealkylation sites (tertiary alicyclic amines) is 1. The molecule has 3 amide bonds. The lowest BCUT2D eigenvalue weighted by Gasteiger charge is -2.23. The molecule has 7 heteroatoms. The molecule has 0 spiro atoms. The molecule has 1 aliphatic heterocycles. The van der Waals surface area contributed by atoms with Crippen LogP contribution in [-0.2, 0) is 20.9 Å². The highest BCUT2D eigenvalue weighted by molar-refractivity contribution is 6.08. The molecule has 0 radical (unpaired) electrons. The van der Waals surface area contributed by atoms with Gasteiger partial charge in [-0.2, -0.15) is 0 Å². The highest BCUT2D eigenvalue weighted by Crippen LogP contribution is 2.52. The molecule has 1 aromatic carbocycles. The normalized spacial score (nSPS) is 27.3. The lowest BCUT2D eigenvalue weighted by Crippen LogP contribution is -2.42. The van der Waals surface area contributed by atoms with Gasteiger partial charge in [-0.05, 0) is 30.4 Å². The minimum Gasteiger partial charge on any atom is -0.497 e. The summed E-state index contributed by atoms with van der Waals surface area (Å²) in [6, 6.07) is 5.39. The first-order chi connectivity index (χ1) is 13.4. The van der Waals surface area contributed by atoms with E-state index in [0.717, 1.165) is 16.9 Å². The average Bonchev–Trinajstić information content (AvgIpc) is 3.38. The van der Waals surface area contributed by atoms with E-state index in [9.17, 15) is 14.4 Å². The van der Waals surface area contributed by atoms with Crippen molar-refractivity contribution in [3.63, 3.8) is 0 Å². The molecule has 0 unspecified atom stereocenters. The first kappa shape index (κ1) is 18.5. The molecular formula is C21H24N2O5. The number of hydrogen-bond acceptors (Lipinski definition) is 5. The Morgan fingerprint density at radius 2 is 1.75 bits per heavy atom. The summed E-state index contributed by atoms with van der Waals surface area (Å²) in [5.74, 6) is 0.346. The second kappa shape index (κ2) is 6.96. The quantitative estimate of drug-likeness (QED) is 0.548. The molecule has 1 saturated carbocycles. The standard InChI is InChI=1S/C21H24N2O5/c1-22(10-14-6-7-15(27-2)9-16(14)28-3)17(24)11-23-20(25)18-12-4-5-13(8-12)19(18)21(23)26/h4-7,9,12-13,18-19H,8,10-11H2,1-3H3/t12-,13+,18+,19-. The number of hydrogen-bond donors (Lipinski definition) is 0. The Morgan fingerprint density at radius 3 is 2.32 bits per heavy atom. The van der Waals surface area contributed by atoms with Gasteiger partial charge in [0.05, 0.1) is 26.1 Å². The predicted octanol–water partition coefficient (Wildman–Crippen LogP) is 1.47. The SMILES string of the molecule is COc1ccc(CN(C)C(=O)CN2C(=O)[C@@H]3[C@H](C2=O)[C@H]2C=C[C@@H]3C2)c(OC)c1. The summed E-state index contributed by atoms with van der Waals surface area (Å²) in [4.78, 5) is 40.9. The fourth-order valence-corrected chi connectivity index (χ4v) is 4.70. The number of fused-ring (bicyclic) bond motifs is 5. The summed E-state index contributed by atoms with van der Waals surface area (Å²) >= 11 is 0. The maximum Gasteiger partial charge on any atom is 0.242 e. The Morgan fingerprint density at radius 1 is 1.11 bits per heavy atom. The number of carbonyl (C=O) groups is 3. The fourth-order valence-electron chi connectivity index (χ4n) is 4.70. The summed E-state index contributed by atoms with van der Waals surface area (Å²) in [5.41, 5.74) is 0.817. The molecule has 4 atom stereocenters. The predicted molar refractivity (Wildman–Crippen MR) is 100 cm³/mol. The molecule has 1 heterocycles. The molecule has 2 fully saturated rings. The van der Waals surface area contributed by atoms with Gasteiger partial charge in [-0.25, -0.2) is 0 Å². The third-order valence-corrected chi connectivity index (χ3v) is 6.18. The van der Waals surface area contributed by atoms with Crippen molar-refractivity contribution in [1.82, 2.24) is 9.80 Å². The zero-order valence-electron chi connectivity index (χ0n) is 16.3. The number of amides is 3. The van der Waals surface area contributed by atoms with Crippen molar-refractivity contribution in [3.05, 3.63) is 35.9 Å². The molecule has 2 bridgehead atoms. The van der Waals surface area contributed by atoms with E-state index in [2.05, 4.69) is 0 Å². The van der Waals surface area contributed by atoms with Crippen molar-refractivity contribution in [2.24, 2.45) is 23.7 Å². The van der Waals surface area contributed by atoms with Crippen molar-refractivity contribution < 1.29 is 23.9 Å². The van der Waals surface area contributed by atoms with Crippen molar-refractivity contribution in [1.29, 1.82) is 0 Å². The Bertz CT molecular complexity index is 834. The number of carbonyl (C=O) groups excluding carboxylic acids is 3. The minimum atomic E-state index is -0.278. The van der Waals surface area contributed by atoms with Gasteiger partial charge in [0.2, 0.25) is 17.7 Å². The number of allylic oxidation sites excluding steroid dienone is 2. The van der Waals surface area contributed by atoms with E-state index in [1.54, 1.807) is 33.4 Å². The molecule has 4 rings (SSSR count). The maximum atomic E-state index is 12.7. The van der Waals surface area contributed by atoms with Gasteiger partial charge in [-0.15, -0.1) is 0 Å². The number of imide groups is 1. The Kier molecular flexibility index (Phi) is 4.61. The molecule has 7 nitrogen and oxygen atoms in total. The van der Waals surface area contributed by atoms with E-state index in [0.29, 0.717) is 18.0 Å². The van der Waals surface area contributed by atoms with Gasteiger partial charge in [0.15, 0.2) is 0 Å². The largest absolute Gasteiger partial charge is 0.497 e. The number of methoxy groups -OCH3 is 2. The minimum absolute atomic E-state index is 0.146. The number of rotatable bonds is 6. The van der Waals surface area contributed by atoms with Crippen LogP contribution < -0.4 is 9.47 Å². The molecule has 3 aliphatic rings. The van der Waals surface area contributed by atoms with Crippen molar-refractivity contribution in [3.8, 4) is 11.5 Å². The van der Waals surface area contributed by atoms with E-state index in [1.165, 1.54) is 4.90 Å². The van der Waals surface area contributed by atoms with E-state index in [4.69, 9.17) is 9.47 Å². The monoisotopic (exact) mass is 384 g/mol. The van der Waals surface area contributed by atoms with Crippen molar-refractivity contribution in [2.45, 2.75) is 13.0 Å². The summed E-state index contributed by atoms with van der Waals surface area (Å²) in [6.45, 7) is 0.0982. The highest BCUT2D eigenvalue weighted by Gasteiger charge is 2.59. The van der Waals surface area contributed by atoms with Gasteiger partial charge >= 0.3 is 0 Å². The van der Waals surface area contributed by atoms with Crippen molar-refractivity contribution >= 4 is 17.7 Å². The zero-order valence-corrected chi connectivity index (χ0v) is 16.3. The van der Waals surface area contributed by atoms with Crippen LogP contribution in [0.15, 0.2) is 30.4 Å². The summed E-state index contributed by atoms with van der Waals surface area (Å²) < 4.78 is 10.6. The van der Waals surface area contributed by atoms with Gasteiger partial charge in [0.1, 0.15) is 18.0 Å². The number of nitrogens with zero attached hydrogens (tertiary/aromatic N) is 2. The lowest BCUT2D eigenvalue weighted by molar-refractivity contribution is -0.146. The van der Waals surface area contributed by atoms with Crippen LogP contribution in [0, 0.1) is 23.7 Å². The molecule has 148 valence electrons. The van der Waals surface area contributed by atoms with Crippen LogP contribution in [0.25, 0.3) is 0 Å². The molecular weight excluding hydrogens is 360 g/mol. The van der Waals surface area contributed by atoms with E-state index < -0.39 is 0 Å². The van der Waals surface area contributed by atoms with Gasteiger partial charge in [-0.1, -0.05) is 12.2 Å². The van der Waals surface area contributed by atoms with E-state index >= 15 is 0 Å². The zero-order chi connectivity index (χ0) is 20.0. The van der Waals surface area contributed by atoms with Crippen LogP contribution in [0.3, 0.4) is 0 Å². The first-order valence-corrected chi connectivity index (χ1v) is 9.43. The topological polar surface area (TPSA) is 76.2 Å². The molecule has 1 aromatic rings. The summed E-state index contributed by atoms with van der Waals surface area (Å²) in [6.07, 6.45) is 4.97. The van der Waals surface area contributed by atoms with Gasteiger partial charge in [0, 0.05) is 25.2 Å². The van der Waals surface area contributed by atoms with Crippen LogP contribution in [-0.4, -0.2) is 55.3 Å². The van der Waals surface area contributed by atoms with Gasteiger partial charge in [0.25, 0.3) is 0 Å². The Hall–Kier alpha value is -2.83. The Labute approximate surface area is 163 Å². The number of benzene rings is 1. The smallest absolute Gasteiger partial charge is 0.242 e. The van der Waals surface area contributed by atoms with Crippen LogP contribution in [0.2, 0.25) is 0 Å². The summed E-state index contributed by atoms with van der Waals surface area (Å²) in [7, 11) is 4.79. The van der Waals surface area contributed by atoms with Crippen LogP contribution in [0.4, 0.5) is 0 Å². The average molecular weight is 384 g/mol.